The Kier molecular flexibility index (Phi) is 6.55. The quantitative estimate of drug-likeness (QED) is 0.234. The van der Waals surface area contributed by atoms with Crippen LogP contribution < -0.4 is 9.47 Å². The molecule has 7 heteroatoms. The van der Waals surface area contributed by atoms with Crippen LogP contribution in [0.1, 0.15) is 53.7 Å². The number of rotatable bonds is 5. The van der Waals surface area contributed by atoms with Crippen LogP contribution in [-0.2, 0) is 13.0 Å². The summed E-state index contributed by atoms with van der Waals surface area (Å²) in [5.74, 6) is 9.11. The van der Waals surface area contributed by atoms with E-state index in [4.69, 9.17) is 48.8 Å². The van der Waals surface area contributed by atoms with Gasteiger partial charge in [0.25, 0.3) is 0 Å². The van der Waals surface area contributed by atoms with Crippen molar-refractivity contribution in [2.45, 2.75) is 44.8 Å². The van der Waals surface area contributed by atoms with Gasteiger partial charge in [-0.2, -0.15) is 0 Å². The second-order valence-electron chi connectivity index (χ2n) is 9.38. The minimum atomic E-state index is 0.205. The maximum absolute atomic E-state index is 6.56. The fourth-order valence-corrected chi connectivity index (χ4v) is 5.32. The van der Waals surface area contributed by atoms with Gasteiger partial charge in [-0.1, -0.05) is 57.9 Å². The van der Waals surface area contributed by atoms with Gasteiger partial charge in [-0.05, 0) is 67.8 Å². The Morgan fingerprint density at radius 2 is 1.78 bits per heavy atom. The first-order valence-electron chi connectivity index (χ1n) is 12.1. The van der Waals surface area contributed by atoms with Crippen LogP contribution in [0.25, 0.3) is 11.3 Å². The van der Waals surface area contributed by atoms with E-state index in [9.17, 15) is 0 Å². The lowest BCUT2D eigenvalue weighted by atomic mass is 10.0. The summed E-state index contributed by atoms with van der Waals surface area (Å²) in [6.45, 7) is 2.32. The topological polar surface area (TPSA) is 44.5 Å². The van der Waals surface area contributed by atoms with Crippen molar-refractivity contribution >= 4 is 34.8 Å². The van der Waals surface area contributed by atoms with Crippen LogP contribution in [-0.4, -0.2) is 11.3 Å². The molecule has 0 radical (unpaired) electrons. The average Bonchev–Trinajstić information content (AvgIpc) is 3.52. The van der Waals surface area contributed by atoms with Gasteiger partial charge in [-0.3, -0.25) is 0 Å². The molecule has 2 heterocycles. The van der Waals surface area contributed by atoms with Gasteiger partial charge in [-0.15, -0.1) is 0 Å². The van der Waals surface area contributed by atoms with Crippen molar-refractivity contribution < 1.29 is 14.0 Å². The maximum Gasteiger partial charge on any atom is 0.147 e. The molecule has 1 aromatic heterocycles. The summed E-state index contributed by atoms with van der Waals surface area (Å²) < 4.78 is 17.6. The molecule has 2 aliphatic rings. The second-order valence-corrected chi connectivity index (χ2v) is 10.6. The first-order valence-corrected chi connectivity index (χ1v) is 13.3. The van der Waals surface area contributed by atoms with Crippen LogP contribution >= 0.6 is 34.8 Å². The Balaban J connectivity index is 1.22. The summed E-state index contributed by atoms with van der Waals surface area (Å²) in [7, 11) is 0. The molecule has 186 valence electrons. The zero-order valence-corrected chi connectivity index (χ0v) is 22.3. The third kappa shape index (κ3) is 5.05. The van der Waals surface area contributed by atoms with E-state index in [0.29, 0.717) is 38.0 Å². The number of ether oxygens (including phenoxy) is 2. The van der Waals surface area contributed by atoms with Crippen molar-refractivity contribution in [2.24, 2.45) is 0 Å². The Labute approximate surface area is 230 Å². The van der Waals surface area contributed by atoms with Crippen LogP contribution in [0.2, 0.25) is 15.1 Å². The maximum atomic E-state index is 6.56. The molecule has 1 aliphatic heterocycles. The first-order chi connectivity index (χ1) is 18.0. The van der Waals surface area contributed by atoms with Crippen LogP contribution in [0, 0.1) is 11.8 Å². The molecule has 0 saturated heterocycles. The fourth-order valence-electron chi connectivity index (χ4n) is 4.53. The molecule has 1 atom stereocenters. The smallest absolute Gasteiger partial charge is 0.147 e. The van der Waals surface area contributed by atoms with Gasteiger partial charge in [0, 0.05) is 35.1 Å². The Hall–Kier alpha value is -3.10. The number of nitrogens with zero attached hydrogens (tertiary/aromatic N) is 1. The molecule has 4 aromatic rings. The molecule has 1 saturated carbocycles. The molecular weight excluding hydrogens is 529 g/mol. The number of hydrogen-bond donors (Lipinski definition) is 0. The van der Waals surface area contributed by atoms with Crippen molar-refractivity contribution in [1.82, 2.24) is 5.16 Å². The first kappa shape index (κ1) is 24.2. The van der Waals surface area contributed by atoms with Crippen molar-refractivity contribution in [2.75, 3.05) is 0 Å². The van der Waals surface area contributed by atoms with E-state index >= 15 is 0 Å². The van der Waals surface area contributed by atoms with Crippen molar-refractivity contribution in [3.63, 3.8) is 0 Å². The third-order valence-electron chi connectivity index (χ3n) is 6.53. The molecule has 0 spiro atoms. The highest BCUT2D eigenvalue weighted by atomic mass is 35.5. The molecule has 4 nitrogen and oxygen atoms in total. The van der Waals surface area contributed by atoms with Crippen LogP contribution in [0.5, 0.6) is 11.5 Å². The van der Waals surface area contributed by atoms with Gasteiger partial charge in [0.15, 0.2) is 0 Å². The zero-order valence-electron chi connectivity index (χ0n) is 20.0. The van der Waals surface area contributed by atoms with Gasteiger partial charge in [0.2, 0.25) is 0 Å². The fraction of sp³-hybridized carbons (Fsp3) is 0.233. The Morgan fingerprint density at radius 1 is 0.973 bits per heavy atom. The molecule has 1 unspecified atom stereocenters. The van der Waals surface area contributed by atoms with Crippen molar-refractivity contribution in [3.05, 3.63) is 97.7 Å². The van der Waals surface area contributed by atoms with Gasteiger partial charge in [0.1, 0.15) is 35.7 Å². The Morgan fingerprint density at radius 3 is 2.54 bits per heavy atom. The summed E-state index contributed by atoms with van der Waals surface area (Å²) >= 11 is 19.5. The predicted octanol–water partition coefficient (Wildman–Crippen LogP) is 8.48. The summed E-state index contributed by atoms with van der Waals surface area (Å²) in [5.41, 5.74) is 4.96. The minimum Gasteiger partial charge on any atom is -0.490 e. The van der Waals surface area contributed by atoms with Gasteiger partial charge >= 0.3 is 0 Å². The third-order valence-corrected chi connectivity index (χ3v) is 7.47. The molecule has 1 aliphatic carbocycles. The van der Waals surface area contributed by atoms with Crippen LogP contribution in [0.15, 0.2) is 59.1 Å². The second kappa shape index (κ2) is 9.99. The summed E-state index contributed by atoms with van der Waals surface area (Å²) in [6.07, 6.45) is 3.23. The van der Waals surface area contributed by atoms with Crippen molar-refractivity contribution in [1.29, 1.82) is 0 Å². The number of fused-ring (bicyclic) bond motifs is 1. The molecule has 0 bridgehead atoms. The number of halogens is 3. The van der Waals surface area contributed by atoms with Gasteiger partial charge < -0.3 is 14.0 Å². The number of hydrogen-bond acceptors (Lipinski definition) is 4. The lowest BCUT2D eigenvalue weighted by molar-refractivity contribution is 0.254. The van der Waals surface area contributed by atoms with E-state index in [0.717, 1.165) is 47.5 Å². The van der Waals surface area contributed by atoms with E-state index in [-0.39, 0.29) is 12.7 Å². The number of benzene rings is 3. The standard InChI is InChI=1S/C30H22Cl3NO3/c1-17-13-21-14-18(6-12-27(21)36-17)5-7-19-10-11-22(15-26(19)33)35-16-23-29(34-37-30(23)20-8-9-20)28-24(31)3-2-4-25(28)32/h2-4,6,10-12,14-15,17,20H,8-9,13,16H2,1H3. The van der Waals surface area contributed by atoms with Crippen LogP contribution in [0.3, 0.4) is 0 Å². The highest BCUT2D eigenvalue weighted by molar-refractivity contribution is 6.39. The van der Waals surface area contributed by atoms with E-state index in [1.54, 1.807) is 24.3 Å². The Bertz CT molecular complexity index is 1540. The molecule has 6 rings (SSSR count). The van der Waals surface area contributed by atoms with Crippen molar-refractivity contribution in [3.8, 4) is 34.6 Å². The SMILES string of the molecule is CC1Cc2cc(C#Cc3ccc(OCc4c(-c5c(Cl)cccc5Cl)noc4C4CC4)cc3Cl)ccc2O1. The van der Waals surface area contributed by atoms with E-state index in [2.05, 4.69) is 30.0 Å². The monoisotopic (exact) mass is 549 g/mol. The average molecular weight is 551 g/mol. The molecule has 0 amide bonds. The van der Waals surface area contributed by atoms with Gasteiger partial charge in [0.05, 0.1) is 20.6 Å². The summed E-state index contributed by atoms with van der Waals surface area (Å²) in [5, 5.41) is 5.86. The molecule has 0 N–H and O–H groups in total. The summed E-state index contributed by atoms with van der Waals surface area (Å²) in [6, 6.07) is 16.9. The van der Waals surface area contributed by atoms with Gasteiger partial charge in [-0.25, -0.2) is 0 Å². The van der Waals surface area contributed by atoms with E-state index < -0.39 is 0 Å². The lowest BCUT2D eigenvalue weighted by Gasteiger charge is -2.10. The molecule has 37 heavy (non-hydrogen) atoms. The highest BCUT2D eigenvalue weighted by Gasteiger charge is 2.33. The van der Waals surface area contributed by atoms with E-state index in [1.807, 2.05) is 24.3 Å². The van der Waals surface area contributed by atoms with E-state index in [1.165, 1.54) is 5.56 Å². The molecule has 3 aromatic carbocycles. The highest BCUT2D eigenvalue weighted by Crippen LogP contribution is 2.46. The largest absolute Gasteiger partial charge is 0.490 e. The number of aromatic nitrogens is 1. The zero-order chi connectivity index (χ0) is 25.5. The molecule has 1 fully saturated rings. The van der Waals surface area contributed by atoms with Crippen LogP contribution in [0.4, 0.5) is 0 Å². The predicted molar refractivity (Wildman–Crippen MR) is 146 cm³/mol. The minimum absolute atomic E-state index is 0.205. The summed E-state index contributed by atoms with van der Waals surface area (Å²) in [4.78, 5) is 0. The lowest BCUT2D eigenvalue weighted by Crippen LogP contribution is -2.05. The molecular formula is C30H22Cl3NO3. The normalized spacial score (nSPS) is 16.1.